The minimum Gasteiger partial charge on any atom is -0.497 e. The van der Waals surface area contributed by atoms with Gasteiger partial charge in [0.05, 0.1) is 18.7 Å². The third-order valence-electron chi connectivity index (χ3n) is 5.58. The molecule has 0 aromatic heterocycles. The third kappa shape index (κ3) is 4.63. The Kier molecular flexibility index (Phi) is 6.76. The van der Waals surface area contributed by atoms with Crippen LogP contribution in [0.15, 0.2) is 22.7 Å². The number of ether oxygens (including phenoxy) is 1. The number of methoxy groups -OCH3 is 1. The first-order valence-electron chi connectivity index (χ1n) is 9.67. The summed E-state index contributed by atoms with van der Waals surface area (Å²) >= 11 is 3.46. The molecule has 0 spiro atoms. The second kappa shape index (κ2) is 9.06. The number of likely N-dealkylation sites (tertiary alicyclic amines) is 1. The van der Waals surface area contributed by atoms with Crippen molar-refractivity contribution >= 4 is 27.7 Å². The molecule has 7 heteroatoms. The van der Waals surface area contributed by atoms with E-state index in [1.807, 2.05) is 28.9 Å². The fourth-order valence-electron chi connectivity index (χ4n) is 3.81. The van der Waals surface area contributed by atoms with Crippen LogP contribution in [0.3, 0.4) is 0 Å². The zero-order valence-corrected chi connectivity index (χ0v) is 17.7. The number of hydrogen-bond donors (Lipinski definition) is 0. The maximum Gasteiger partial charge on any atom is 0.255 e. The molecule has 1 aromatic rings. The van der Waals surface area contributed by atoms with Crippen LogP contribution in [-0.2, 0) is 4.79 Å². The lowest BCUT2D eigenvalue weighted by molar-refractivity contribution is -0.137. The van der Waals surface area contributed by atoms with Crippen molar-refractivity contribution in [3.8, 4) is 5.75 Å². The Bertz CT molecular complexity index is 683. The highest BCUT2D eigenvalue weighted by atomic mass is 79.9. The van der Waals surface area contributed by atoms with Gasteiger partial charge < -0.3 is 14.5 Å². The molecule has 2 saturated heterocycles. The van der Waals surface area contributed by atoms with E-state index in [9.17, 15) is 9.59 Å². The summed E-state index contributed by atoms with van der Waals surface area (Å²) in [5, 5.41) is 0. The summed E-state index contributed by atoms with van der Waals surface area (Å²) in [6.07, 6.45) is 3.44. The van der Waals surface area contributed by atoms with Gasteiger partial charge in [-0.2, -0.15) is 0 Å². The monoisotopic (exact) mass is 437 g/mol. The Balaban J connectivity index is 1.58. The Hall–Kier alpha value is -1.60. The molecule has 27 heavy (non-hydrogen) atoms. The summed E-state index contributed by atoms with van der Waals surface area (Å²) in [5.74, 6) is 0.890. The van der Waals surface area contributed by atoms with E-state index in [0.717, 1.165) is 30.4 Å². The van der Waals surface area contributed by atoms with Gasteiger partial charge in [-0.25, -0.2) is 0 Å². The summed E-state index contributed by atoms with van der Waals surface area (Å²) in [6.45, 7) is 6.44. The van der Waals surface area contributed by atoms with E-state index in [4.69, 9.17) is 4.74 Å². The predicted molar refractivity (Wildman–Crippen MR) is 108 cm³/mol. The normalized spacial score (nSPS) is 19.7. The number of nitrogens with zero attached hydrogens (tertiary/aromatic N) is 3. The van der Waals surface area contributed by atoms with Gasteiger partial charge in [0.25, 0.3) is 5.91 Å². The zero-order valence-electron chi connectivity index (χ0n) is 16.1. The van der Waals surface area contributed by atoms with Crippen molar-refractivity contribution in [3.05, 3.63) is 28.2 Å². The summed E-state index contributed by atoms with van der Waals surface area (Å²) in [4.78, 5) is 31.7. The maximum absolute atomic E-state index is 12.9. The molecular formula is C20H28BrN3O3. The highest BCUT2D eigenvalue weighted by Gasteiger charge is 2.31. The van der Waals surface area contributed by atoms with E-state index in [2.05, 4.69) is 20.8 Å². The zero-order chi connectivity index (χ0) is 19.4. The Morgan fingerprint density at radius 3 is 2.30 bits per heavy atom. The first kappa shape index (κ1) is 20.1. The van der Waals surface area contributed by atoms with Gasteiger partial charge in [0.1, 0.15) is 5.75 Å². The number of amides is 2. The van der Waals surface area contributed by atoms with Crippen LogP contribution in [-0.4, -0.2) is 78.9 Å². The quantitative estimate of drug-likeness (QED) is 0.726. The molecular weight excluding hydrogens is 410 g/mol. The Morgan fingerprint density at radius 1 is 1.00 bits per heavy atom. The molecule has 0 aliphatic carbocycles. The molecule has 2 aliphatic heterocycles. The van der Waals surface area contributed by atoms with Gasteiger partial charge in [-0.05, 0) is 60.3 Å². The standard InChI is InChI=1S/C20H28BrN3O3/c1-15(19(25)23-8-4-3-5-9-23)22-10-12-24(13-11-22)20(26)17-14-16(27-2)6-7-18(17)21/h6-7,14-15H,3-5,8-13H2,1-2H3. The average Bonchev–Trinajstić information content (AvgIpc) is 2.73. The molecule has 1 atom stereocenters. The van der Waals surface area contributed by atoms with Crippen molar-refractivity contribution in [2.24, 2.45) is 0 Å². The van der Waals surface area contributed by atoms with Crippen molar-refractivity contribution in [1.82, 2.24) is 14.7 Å². The predicted octanol–water partition coefficient (Wildman–Crippen LogP) is 2.62. The fraction of sp³-hybridized carbons (Fsp3) is 0.600. The van der Waals surface area contributed by atoms with Crippen LogP contribution >= 0.6 is 15.9 Å². The number of carbonyl (C=O) groups is 2. The van der Waals surface area contributed by atoms with E-state index in [-0.39, 0.29) is 17.9 Å². The lowest BCUT2D eigenvalue weighted by Gasteiger charge is -2.39. The van der Waals surface area contributed by atoms with Crippen molar-refractivity contribution in [2.45, 2.75) is 32.2 Å². The third-order valence-corrected chi connectivity index (χ3v) is 6.27. The molecule has 3 rings (SSSR count). The fourth-order valence-corrected chi connectivity index (χ4v) is 4.23. The van der Waals surface area contributed by atoms with Gasteiger partial charge in [0.15, 0.2) is 0 Å². The van der Waals surface area contributed by atoms with Gasteiger partial charge in [0.2, 0.25) is 5.91 Å². The van der Waals surface area contributed by atoms with Gasteiger partial charge in [-0.15, -0.1) is 0 Å². The van der Waals surface area contributed by atoms with E-state index >= 15 is 0 Å². The van der Waals surface area contributed by atoms with E-state index in [1.54, 1.807) is 13.2 Å². The molecule has 0 radical (unpaired) electrons. The van der Waals surface area contributed by atoms with Crippen LogP contribution in [0.2, 0.25) is 0 Å². The number of carbonyl (C=O) groups excluding carboxylic acids is 2. The van der Waals surface area contributed by atoms with Crippen molar-refractivity contribution in [2.75, 3.05) is 46.4 Å². The van der Waals surface area contributed by atoms with E-state index in [1.165, 1.54) is 6.42 Å². The van der Waals surface area contributed by atoms with Crippen LogP contribution in [0.25, 0.3) is 0 Å². The lowest BCUT2D eigenvalue weighted by atomic mass is 10.1. The molecule has 0 N–H and O–H groups in total. The first-order chi connectivity index (χ1) is 13.0. The molecule has 148 valence electrons. The number of halogens is 1. The summed E-state index contributed by atoms with van der Waals surface area (Å²) in [5.41, 5.74) is 0.611. The molecule has 6 nitrogen and oxygen atoms in total. The van der Waals surface area contributed by atoms with Gasteiger partial charge in [-0.3, -0.25) is 14.5 Å². The highest BCUT2D eigenvalue weighted by molar-refractivity contribution is 9.10. The molecule has 2 amide bonds. The Morgan fingerprint density at radius 2 is 1.67 bits per heavy atom. The summed E-state index contributed by atoms with van der Waals surface area (Å²) in [6, 6.07) is 5.30. The smallest absolute Gasteiger partial charge is 0.255 e. The van der Waals surface area contributed by atoms with Crippen molar-refractivity contribution < 1.29 is 14.3 Å². The highest BCUT2D eigenvalue weighted by Crippen LogP contribution is 2.24. The number of benzene rings is 1. The van der Waals surface area contributed by atoms with Crippen LogP contribution in [0.5, 0.6) is 5.75 Å². The van der Waals surface area contributed by atoms with Gasteiger partial charge in [0, 0.05) is 43.7 Å². The van der Waals surface area contributed by atoms with Crippen LogP contribution in [0, 0.1) is 0 Å². The first-order valence-corrected chi connectivity index (χ1v) is 10.5. The largest absolute Gasteiger partial charge is 0.497 e. The maximum atomic E-state index is 12.9. The minimum atomic E-state index is -0.121. The van der Waals surface area contributed by atoms with Gasteiger partial charge in [-0.1, -0.05) is 0 Å². The Labute approximate surface area is 169 Å². The second-order valence-electron chi connectivity index (χ2n) is 7.24. The van der Waals surface area contributed by atoms with Crippen molar-refractivity contribution in [3.63, 3.8) is 0 Å². The number of hydrogen-bond acceptors (Lipinski definition) is 4. The van der Waals surface area contributed by atoms with Crippen molar-refractivity contribution in [1.29, 1.82) is 0 Å². The molecule has 0 bridgehead atoms. The molecule has 2 heterocycles. The SMILES string of the molecule is COc1ccc(Br)c(C(=O)N2CCN(C(C)C(=O)N3CCCCC3)CC2)c1. The molecule has 1 unspecified atom stereocenters. The number of piperazine rings is 1. The summed E-state index contributed by atoms with van der Waals surface area (Å²) in [7, 11) is 1.59. The van der Waals surface area contributed by atoms with E-state index < -0.39 is 0 Å². The van der Waals surface area contributed by atoms with Crippen LogP contribution in [0.1, 0.15) is 36.5 Å². The van der Waals surface area contributed by atoms with Crippen LogP contribution in [0.4, 0.5) is 0 Å². The van der Waals surface area contributed by atoms with Gasteiger partial charge >= 0.3 is 0 Å². The molecule has 2 fully saturated rings. The minimum absolute atomic E-state index is 0.00423. The lowest BCUT2D eigenvalue weighted by Crippen LogP contribution is -2.56. The second-order valence-corrected chi connectivity index (χ2v) is 8.09. The number of rotatable bonds is 4. The molecule has 0 saturated carbocycles. The van der Waals surface area contributed by atoms with E-state index in [0.29, 0.717) is 37.5 Å². The molecule has 1 aromatic carbocycles. The topological polar surface area (TPSA) is 53.1 Å². The average molecular weight is 438 g/mol. The summed E-state index contributed by atoms with van der Waals surface area (Å²) < 4.78 is 6.01. The number of piperidine rings is 1. The van der Waals surface area contributed by atoms with Crippen LogP contribution < -0.4 is 4.74 Å². The molecule has 2 aliphatic rings.